The van der Waals surface area contributed by atoms with Crippen LogP contribution in [-0.2, 0) is 12.8 Å². The summed E-state index contributed by atoms with van der Waals surface area (Å²) in [5, 5.41) is 0. The Kier molecular flexibility index (Phi) is 2.55. The van der Waals surface area contributed by atoms with Gasteiger partial charge in [-0.25, -0.2) is 0 Å². The first-order chi connectivity index (χ1) is 7.83. The van der Waals surface area contributed by atoms with Gasteiger partial charge in [0, 0.05) is 12.0 Å². The number of hydrogen-bond donors (Lipinski definition) is 0. The van der Waals surface area contributed by atoms with Gasteiger partial charge in [0.2, 0.25) is 0 Å². The molecule has 0 radical (unpaired) electrons. The molecule has 1 aromatic carbocycles. The molecule has 16 heavy (non-hydrogen) atoms. The molecule has 1 aromatic rings. The summed E-state index contributed by atoms with van der Waals surface area (Å²) in [4.78, 5) is 12.0. The van der Waals surface area contributed by atoms with Crippen LogP contribution in [0.1, 0.15) is 53.6 Å². The summed E-state index contributed by atoms with van der Waals surface area (Å²) >= 11 is 0. The van der Waals surface area contributed by atoms with E-state index in [-0.39, 0.29) is 0 Å². The monoisotopic (exact) mass is 214 g/mol. The molecule has 0 amide bonds. The fourth-order valence-corrected chi connectivity index (χ4v) is 2.61. The average Bonchev–Trinajstić information content (AvgIpc) is 3.12. The number of benzene rings is 1. The third kappa shape index (κ3) is 2.04. The van der Waals surface area contributed by atoms with E-state index in [9.17, 15) is 4.79 Å². The van der Waals surface area contributed by atoms with Crippen molar-refractivity contribution < 1.29 is 4.79 Å². The minimum atomic E-state index is 0.357. The minimum absolute atomic E-state index is 0.357. The number of hydrogen-bond acceptors (Lipinski definition) is 1. The van der Waals surface area contributed by atoms with Gasteiger partial charge >= 0.3 is 0 Å². The highest BCUT2D eigenvalue weighted by molar-refractivity contribution is 5.96. The summed E-state index contributed by atoms with van der Waals surface area (Å²) < 4.78 is 0. The van der Waals surface area contributed by atoms with Crippen molar-refractivity contribution in [1.29, 1.82) is 0 Å². The van der Waals surface area contributed by atoms with Crippen molar-refractivity contribution in [1.82, 2.24) is 0 Å². The molecule has 1 fully saturated rings. The lowest BCUT2D eigenvalue weighted by Gasteiger charge is -2.16. The van der Waals surface area contributed by atoms with Gasteiger partial charge in [-0.15, -0.1) is 0 Å². The molecule has 2 aliphatic carbocycles. The molecule has 0 saturated heterocycles. The van der Waals surface area contributed by atoms with Crippen LogP contribution >= 0.6 is 0 Å². The van der Waals surface area contributed by atoms with Crippen LogP contribution in [-0.4, -0.2) is 5.78 Å². The zero-order valence-electron chi connectivity index (χ0n) is 9.67. The normalized spacial score (nSPS) is 19.2. The molecule has 84 valence electrons. The molecular weight excluding hydrogens is 196 g/mol. The van der Waals surface area contributed by atoms with Crippen LogP contribution in [0.15, 0.2) is 18.2 Å². The molecule has 1 saturated carbocycles. The highest BCUT2D eigenvalue weighted by Gasteiger charge is 2.25. The van der Waals surface area contributed by atoms with Crippen molar-refractivity contribution in [2.75, 3.05) is 0 Å². The van der Waals surface area contributed by atoms with Crippen molar-refractivity contribution in [2.24, 2.45) is 5.92 Å². The number of carbonyl (C=O) groups is 1. The number of fused-ring (bicyclic) bond motifs is 1. The van der Waals surface area contributed by atoms with Gasteiger partial charge in [0.05, 0.1) is 0 Å². The predicted molar refractivity (Wildman–Crippen MR) is 64.8 cm³/mol. The summed E-state index contributed by atoms with van der Waals surface area (Å²) in [7, 11) is 0. The molecule has 0 N–H and O–H groups in total. The van der Waals surface area contributed by atoms with Gasteiger partial charge in [-0.05, 0) is 61.6 Å². The molecule has 3 rings (SSSR count). The lowest BCUT2D eigenvalue weighted by atomic mass is 9.89. The van der Waals surface area contributed by atoms with Crippen molar-refractivity contribution in [3.05, 3.63) is 34.9 Å². The average molecular weight is 214 g/mol. The summed E-state index contributed by atoms with van der Waals surface area (Å²) in [6.07, 6.45) is 8.26. The molecule has 2 aliphatic rings. The first-order valence-corrected chi connectivity index (χ1v) is 6.48. The van der Waals surface area contributed by atoms with Gasteiger partial charge in [-0.3, -0.25) is 4.79 Å². The van der Waals surface area contributed by atoms with Gasteiger partial charge in [0.25, 0.3) is 0 Å². The fraction of sp³-hybridized carbons (Fsp3) is 0.533. The minimum Gasteiger partial charge on any atom is -0.294 e. The second-order valence-corrected chi connectivity index (χ2v) is 5.26. The van der Waals surface area contributed by atoms with Crippen LogP contribution in [0.2, 0.25) is 0 Å². The smallest absolute Gasteiger partial charge is 0.163 e. The quantitative estimate of drug-likeness (QED) is 0.703. The van der Waals surface area contributed by atoms with Crippen LogP contribution in [0, 0.1) is 5.92 Å². The Morgan fingerprint density at radius 3 is 2.62 bits per heavy atom. The van der Waals surface area contributed by atoms with Crippen molar-refractivity contribution in [3.8, 4) is 0 Å². The van der Waals surface area contributed by atoms with E-state index in [1.54, 1.807) is 0 Å². The van der Waals surface area contributed by atoms with Crippen molar-refractivity contribution in [3.63, 3.8) is 0 Å². The Labute approximate surface area is 96.9 Å². The van der Waals surface area contributed by atoms with Crippen LogP contribution in [0.4, 0.5) is 0 Å². The molecule has 1 heteroatoms. The Balaban J connectivity index is 1.81. The molecule has 0 aliphatic heterocycles. The van der Waals surface area contributed by atoms with Crippen molar-refractivity contribution >= 4 is 5.78 Å². The maximum atomic E-state index is 12.0. The van der Waals surface area contributed by atoms with E-state index >= 15 is 0 Å². The topological polar surface area (TPSA) is 17.1 Å². The van der Waals surface area contributed by atoms with Crippen molar-refractivity contribution in [2.45, 2.75) is 44.9 Å². The van der Waals surface area contributed by atoms with E-state index in [1.807, 2.05) is 6.07 Å². The summed E-state index contributed by atoms with van der Waals surface area (Å²) in [5.74, 6) is 1.06. The van der Waals surface area contributed by atoms with Crippen LogP contribution in [0.3, 0.4) is 0 Å². The Morgan fingerprint density at radius 1 is 1.12 bits per heavy atom. The van der Waals surface area contributed by atoms with Gasteiger partial charge in [-0.2, -0.15) is 0 Å². The van der Waals surface area contributed by atoms with Gasteiger partial charge in [-0.1, -0.05) is 12.1 Å². The number of aryl methyl sites for hydroxylation is 2. The SMILES string of the molecule is O=C(CC1CC1)c1ccc2c(c1)CCCC2. The highest BCUT2D eigenvalue weighted by Crippen LogP contribution is 2.34. The lowest BCUT2D eigenvalue weighted by molar-refractivity contribution is 0.0976. The third-order valence-electron chi connectivity index (χ3n) is 3.84. The largest absolute Gasteiger partial charge is 0.294 e. The number of rotatable bonds is 3. The highest BCUT2D eigenvalue weighted by atomic mass is 16.1. The van der Waals surface area contributed by atoms with Crippen LogP contribution in [0.25, 0.3) is 0 Å². The Bertz CT molecular complexity index is 415. The zero-order valence-corrected chi connectivity index (χ0v) is 9.67. The van der Waals surface area contributed by atoms with Crippen LogP contribution in [0.5, 0.6) is 0 Å². The first-order valence-electron chi connectivity index (χ1n) is 6.48. The predicted octanol–water partition coefficient (Wildman–Crippen LogP) is 3.55. The Morgan fingerprint density at radius 2 is 1.88 bits per heavy atom. The lowest BCUT2D eigenvalue weighted by Crippen LogP contribution is -2.06. The van der Waals surface area contributed by atoms with E-state index < -0.39 is 0 Å². The fourth-order valence-electron chi connectivity index (χ4n) is 2.61. The second-order valence-electron chi connectivity index (χ2n) is 5.26. The first kappa shape index (κ1) is 10.1. The molecule has 0 heterocycles. The third-order valence-corrected chi connectivity index (χ3v) is 3.84. The van der Waals surface area contributed by atoms with Crippen LogP contribution < -0.4 is 0 Å². The summed E-state index contributed by atoms with van der Waals surface area (Å²) in [6.45, 7) is 0. The molecule has 0 aromatic heterocycles. The second kappa shape index (κ2) is 4.04. The van der Waals surface area contributed by atoms with E-state index in [2.05, 4.69) is 12.1 Å². The number of carbonyl (C=O) groups excluding carboxylic acids is 1. The standard InChI is InChI=1S/C15H18O/c16-15(9-11-5-6-11)14-8-7-12-3-1-2-4-13(12)10-14/h7-8,10-11H,1-6,9H2. The van der Waals surface area contributed by atoms with Gasteiger partial charge < -0.3 is 0 Å². The molecular formula is C15H18O. The van der Waals surface area contributed by atoms with E-state index in [0.717, 1.165) is 12.0 Å². The zero-order chi connectivity index (χ0) is 11.0. The molecule has 0 unspecified atom stereocenters. The molecule has 0 atom stereocenters. The number of Topliss-reactive ketones (excluding diaryl/α,β-unsaturated/α-hetero) is 1. The number of ketones is 1. The van der Waals surface area contributed by atoms with E-state index in [4.69, 9.17) is 0 Å². The van der Waals surface area contributed by atoms with E-state index in [0.29, 0.717) is 11.7 Å². The van der Waals surface area contributed by atoms with Gasteiger partial charge in [0.1, 0.15) is 0 Å². The summed E-state index contributed by atoms with van der Waals surface area (Å²) in [5.41, 5.74) is 3.84. The molecule has 0 bridgehead atoms. The summed E-state index contributed by atoms with van der Waals surface area (Å²) in [6, 6.07) is 6.36. The Hall–Kier alpha value is -1.11. The maximum Gasteiger partial charge on any atom is 0.163 e. The van der Waals surface area contributed by atoms with Gasteiger partial charge in [0.15, 0.2) is 5.78 Å². The molecule has 1 nitrogen and oxygen atoms in total. The maximum absolute atomic E-state index is 12.0. The molecule has 0 spiro atoms. The van der Waals surface area contributed by atoms with E-state index in [1.165, 1.54) is 49.7 Å².